The Morgan fingerprint density at radius 3 is 3.11 bits per heavy atom. The highest BCUT2D eigenvalue weighted by Crippen LogP contribution is 2.24. The van der Waals surface area contributed by atoms with Crippen LogP contribution in [0.1, 0.15) is 19.8 Å². The van der Waals surface area contributed by atoms with Gasteiger partial charge in [-0.15, -0.1) is 0 Å². The summed E-state index contributed by atoms with van der Waals surface area (Å²) < 4.78 is 10.8. The summed E-state index contributed by atoms with van der Waals surface area (Å²) in [6.45, 7) is 3.88. The summed E-state index contributed by atoms with van der Waals surface area (Å²) in [5.41, 5.74) is -0.0254. The van der Waals surface area contributed by atoms with Gasteiger partial charge < -0.3 is 14.8 Å². The smallest absolute Gasteiger partial charge is 0.278 e. The number of hydrogen-bond acceptors (Lipinski definition) is 6. The maximum atomic E-state index is 10.9. The van der Waals surface area contributed by atoms with Crippen LogP contribution in [0.5, 0.6) is 5.88 Å². The van der Waals surface area contributed by atoms with E-state index in [1.54, 1.807) is 0 Å². The van der Waals surface area contributed by atoms with Gasteiger partial charge in [0.15, 0.2) is 0 Å². The summed E-state index contributed by atoms with van der Waals surface area (Å²) in [7, 11) is 0. The number of aromatic nitrogens is 1. The van der Waals surface area contributed by atoms with Crippen LogP contribution in [0.2, 0.25) is 0 Å². The Labute approximate surface area is 111 Å². The number of hydrogen-bond donors (Lipinski definition) is 1. The lowest BCUT2D eigenvalue weighted by atomic mass is 10.3. The summed E-state index contributed by atoms with van der Waals surface area (Å²) in [6, 6.07) is 2.75. The molecule has 0 aromatic carbocycles. The van der Waals surface area contributed by atoms with Crippen molar-refractivity contribution >= 4 is 11.5 Å². The van der Waals surface area contributed by atoms with E-state index >= 15 is 0 Å². The van der Waals surface area contributed by atoms with E-state index in [-0.39, 0.29) is 17.7 Å². The lowest BCUT2D eigenvalue weighted by Gasteiger charge is -2.12. The van der Waals surface area contributed by atoms with Gasteiger partial charge in [0, 0.05) is 13.0 Å². The van der Waals surface area contributed by atoms with Gasteiger partial charge >= 0.3 is 0 Å². The zero-order chi connectivity index (χ0) is 13.7. The number of nitrogens with zero attached hydrogens (tertiary/aromatic N) is 2. The molecular weight excluding hydrogens is 250 g/mol. The highest BCUT2D eigenvalue weighted by atomic mass is 16.6. The second-order valence-corrected chi connectivity index (χ2v) is 4.34. The van der Waals surface area contributed by atoms with E-state index in [1.807, 2.05) is 6.92 Å². The summed E-state index contributed by atoms with van der Waals surface area (Å²) in [5, 5.41) is 13.9. The van der Waals surface area contributed by atoms with Gasteiger partial charge in [-0.05, 0) is 6.42 Å². The third kappa shape index (κ3) is 3.78. The summed E-state index contributed by atoms with van der Waals surface area (Å²) in [6.07, 6.45) is 1.62. The number of pyridine rings is 1. The number of nitro groups is 1. The molecule has 1 N–H and O–H groups in total. The van der Waals surface area contributed by atoms with E-state index in [9.17, 15) is 10.1 Å². The first-order chi connectivity index (χ1) is 9.19. The van der Waals surface area contributed by atoms with E-state index in [1.165, 1.54) is 12.1 Å². The first kappa shape index (κ1) is 13.5. The van der Waals surface area contributed by atoms with E-state index in [0.29, 0.717) is 25.6 Å². The molecule has 1 fully saturated rings. The van der Waals surface area contributed by atoms with Gasteiger partial charge in [0.05, 0.1) is 30.3 Å². The topological polar surface area (TPSA) is 86.5 Å². The second kappa shape index (κ2) is 6.33. The third-order valence-corrected chi connectivity index (χ3v) is 2.73. The molecule has 2 rings (SSSR count). The minimum Gasteiger partial charge on any atom is -0.472 e. The highest BCUT2D eigenvalue weighted by molar-refractivity contribution is 5.48. The number of ether oxygens (including phenoxy) is 2. The largest absolute Gasteiger partial charge is 0.472 e. The molecule has 1 unspecified atom stereocenters. The SMILES string of the molecule is CCCNc1cc([N+](=O)[O-])cc(OC2CCOC2)n1. The summed E-state index contributed by atoms with van der Waals surface area (Å²) in [4.78, 5) is 14.7. The van der Waals surface area contributed by atoms with Crippen LogP contribution >= 0.6 is 0 Å². The standard InChI is InChI=1S/C12H17N3O4/c1-2-4-13-11-6-9(15(16)17)7-12(14-11)19-10-3-5-18-8-10/h6-7,10H,2-5,8H2,1H3,(H,13,14). The van der Waals surface area contributed by atoms with Gasteiger partial charge in [0.25, 0.3) is 5.69 Å². The van der Waals surface area contributed by atoms with Crippen molar-refractivity contribution in [1.29, 1.82) is 0 Å². The monoisotopic (exact) mass is 267 g/mol. The predicted octanol–water partition coefficient (Wildman–Crippen LogP) is 1.98. The molecule has 7 nitrogen and oxygen atoms in total. The highest BCUT2D eigenvalue weighted by Gasteiger charge is 2.20. The molecule has 0 amide bonds. The van der Waals surface area contributed by atoms with Crippen LogP contribution in [-0.4, -0.2) is 35.8 Å². The first-order valence-electron chi connectivity index (χ1n) is 6.34. The third-order valence-electron chi connectivity index (χ3n) is 2.73. The minimum atomic E-state index is -0.448. The van der Waals surface area contributed by atoms with Gasteiger partial charge in [-0.3, -0.25) is 10.1 Å². The Hall–Kier alpha value is -1.89. The molecule has 0 bridgehead atoms. The van der Waals surface area contributed by atoms with Crippen molar-refractivity contribution in [2.75, 3.05) is 25.1 Å². The number of nitrogens with one attached hydrogen (secondary N) is 1. The van der Waals surface area contributed by atoms with Crippen LogP contribution in [0.25, 0.3) is 0 Å². The molecule has 1 aliphatic rings. The van der Waals surface area contributed by atoms with Gasteiger partial charge in [0.1, 0.15) is 11.9 Å². The van der Waals surface area contributed by atoms with Gasteiger partial charge in [-0.2, -0.15) is 4.98 Å². The van der Waals surface area contributed by atoms with Gasteiger partial charge in [-0.25, -0.2) is 0 Å². The van der Waals surface area contributed by atoms with Crippen molar-refractivity contribution < 1.29 is 14.4 Å². The average Bonchev–Trinajstić information content (AvgIpc) is 2.89. The van der Waals surface area contributed by atoms with Crippen LogP contribution in [0, 0.1) is 10.1 Å². The Kier molecular flexibility index (Phi) is 4.51. The lowest BCUT2D eigenvalue weighted by molar-refractivity contribution is -0.384. The fourth-order valence-electron chi connectivity index (χ4n) is 1.78. The molecule has 104 valence electrons. The number of rotatable bonds is 6. The Balaban J connectivity index is 2.15. The normalized spacial score (nSPS) is 18.3. The maximum Gasteiger partial charge on any atom is 0.278 e. The molecule has 19 heavy (non-hydrogen) atoms. The Morgan fingerprint density at radius 1 is 1.63 bits per heavy atom. The lowest BCUT2D eigenvalue weighted by Crippen LogP contribution is -2.17. The van der Waals surface area contributed by atoms with Crippen molar-refractivity contribution in [3.8, 4) is 5.88 Å². The fraction of sp³-hybridized carbons (Fsp3) is 0.583. The van der Waals surface area contributed by atoms with E-state index in [4.69, 9.17) is 9.47 Å². The molecule has 0 aliphatic carbocycles. The van der Waals surface area contributed by atoms with Crippen LogP contribution in [0.15, 0.2) is 12.1 Å². The van der Waals surface area contributed by atoms with E-state index < -0.39 is 4.92 Å². The van der Waals surface area contributed by atoms with Crippen LogP contribution in [-0.2, 0) is 4.74 Å². The van der Waals surface area contributed by atoms with E-state index in [0.717, 1.165) is 12.8 Å². The van der Waals surface area contributed by atoms with Crippen molar-refractivity contribution in [2.45, 2.75) is 25.9 Å². The molecule has 7 heteroatoms. The zero-order valence-electron chi connectivity index (χ0n) is 10.8. The predicted molar refractivity (Wildman–Crippen MR) is 69.5 cm³/mol. The summed E-state index contributed by atoms with van der Waals surface area (Å²) in [5.74, 6) is 0.730. The van der Waals surface area contributed by atoms with Crippen LogP contribution < -0.4 is 10.1 Å². The van der Waals surface area contributed by atoms with Crippen LogP contribution in [0.3, 0.4) is 0 Å². The Morgan fingerprint density at radius 2 is 2.47 bits per heavy atom. The molecule has 1 aromatic heterocycles. The average molecular weight is 267 g/mol. The van der Waals surface area contributed by atoms with Gasteiger partial charge in [-0.1, -0.05) is 6.92 Å². The molecule has 1 aliphatic heterocycles. The Bertz CT molecular complexity index is 447. The quantitative estimate of drug-likeness (QED) is 0.626. The van der Waals surface area contributed by atoms with Crippen LogP contribution in [0.4, 0.5) is 11.5 Å². The van der Waals surface area contributed by atoms with Crippen molar-refractivity contribution in [3.63, 3.8) is 0 Å². The minimum absolute atomic E-state index is 0.0254. The van der Waals surface area contributed by atoms with Crippen molar-refractivity contribution in [1.82, 2.24) is 4.98 Å². The van der Waals surface area contributed by atoms with Gasteiger partial charge in [0.2, 0.25) is 5.88 Å². The zero-order valence-corrected chi connectivity index (χ0v) is 10.8. The molecule has 0 saturated carbocycles. The molecule has 0 radical (unpaired) electrons. The first-order valence-corrected chi connectivity index (χ1v) is 6.34. The summed E-state index contributed by atoms with van der Waals surface area (Å²) >= 11 is 0. The second-order valence-electron chi connectivity index (χ2n) is 4.34. The molecule has 1 saturated heterocycles. The molecular formula is C12H17N3O4. The van der Waals surface area contributed by atoms with E-state index in [2.05, 4.69) is 10.3 Å². The fourth-order valence-corrected chi connectivity index (χ4v) is 1.78. The van der Waals surface area contributed by atoms with Crippen molar-refractivity contribution in [2.24, 2.45) is 0 Å². The molecule has 2 heterocycles. The number of anilines is 1. The molecule has 1 atom stereocenters. The maximum absolute atomic E-state index is 10.9. The molecule has 1 aromatic rings. The molecule has 0 spiro atoms. The van der Waals surface area contributed by atoms with Crippen molar-refractivity contribution in [3.05, 3.63) is 22.2 Å².